The lowest BCUT2D eigenvalue weighted by atomic mass is 10.1. The Balaban J connectivity index is 2.51. The summed E-state index contributed by atoms with van der Waals surface area (Å²) in [6, 6.07) is 8.13. The van der Waals surface area contributed by atoms with E-state index >= 15 is 0 Å². The summed E-state index contributed by atoms with van der Waals surface area (Å²) in [7, 11) is 0. The number of hydrogen-bond donors (Lipinski definition) is 2. The highest BCUT2D eigenvalue weighted by Crippen LogP contribution is 2.12. The maximum Gasteiger partial charge on any atom is 0.305 e. The van der Waals surface area contributed by atoms with Gasteiger partial charge in [-0.25, -0.2) is 0 Å². The smallest absolute Gasteiger partial charge is 0.305 e. The molecule has 0 fully saturated rings. The summed E-state index contributed by atoms with van der Waals surface area (Å²) in [6.07, 6.45) is 2.36. The van der Waals surface area contributed by atoms with E-state index in [2.05, 4.69) is 24.4 Å². The second-order valence-electron chi connectivity index (χ2n) is 4.09. The summed E-state index contributed by atoms with van der Waals surface area (Å²) in [5.41, 5.74) is 2.30. The maximum absolute atomic E-state index is 10.5. The molecule has 0 aromatic heterocycles. The lowest BCUT2D eigenvalue weighted by molar-refractivity contribution is -0.137. The number of carbonyl (C=O) groups is 1. The summed E-state index contributed by atoms with van der Waals surface area (Å²) in [5.74, 6) is -0.775. The van der Waals surface area contributed by atoms with Crippen molar-refractivity contribution >= 4 is 11.7 Å². The second-order valence-corrected chi connectivity index (χ2v) is 4.09. The van der Waals surface area contributed by atoms with E-state index in [1.54, 1.807) is 0 Å². The van der Waals surface area contributed by atoms with E-state index in [0.717, 1.165) is 18.5 Å². The van der Waals surface area contributed by atoms with Crippen LogP contribution in [0.5, 0.6) is 0 Å². The van der Waals surface area contributed by atoms with Gasteiger partial charge in [-0.1, -0.05) is 25.5 Å². The molecule has 0 radical (unpaired) electrons. The van der Waals surface area contributed by atoms with Crippen LogP contribution in [0.1, 0.15) is 32.3 Å². The van der Waals surface area contributed by atoms with Crippen LogP contribution in [0.3, 0.4) is 0 Å². The quantitative estimate of drug-likeness (QED) is 0.776. The van der Waals surface area contributed by atoms with Crippen molar-refractivity contribution < 1.29 is 9.90 Å². The summed E-state index contributed by atoms with van der Waals surface area (Å²) >= 11 is 0. The predicted octanol–water partition coefficient (Wildman–Crippen LogP) is 2.91. The molecule has 0 aliphatic carbocycles. The van der Waals surface area contributed by atoms with Crippen molar-refractivity contribution in [1.29, 1.82) is 0 Å². The molecule has 0 bridgehead atoms. The first kappa shape index (κ1) is 12.6. The van der Waals surface area contributed by atoms with Gasteiger partial charge in [0.1, 0.15) is 0 Å². The van der Waals surface area contributed by atoms with E-state index in [1.165, 1.54) is 5.56 Å². The van der Waals surface area contributed by atoms with E-state index in [9.17, 15) is 4.79 Å². The number of rotatable bonds is 6. The molecule has 0 saturated heterocycles. The summed E-state index contributed by atoms with van der Waals surface area (Å²) in [4.78, 5) is 10.5. The number of aryl methyl sites for hydroxylation is 1. The fraction of sp³-hybridized carbons (Fsp3) is 0.462. The van der Waals surface area contributed by atoms with E-state index in [1.807, 2.05) is 19.1 Å². The zero-order valence-electron chi connectivity index (χ0n) is 9.86. The Bertz CT molecular complexity index is 332. The van der Waals surface area contributed by atoms with Crippen LogP contribution >= 0.6 is 0 Å². The minimum Gasteiger partial charge on any atom is -0.481 e. The standard InChI is InChI=1S/C13H19NO2/c1-3-4-11-5-7-12(8-6-11)14-10(2)9-13(15)16/h5-8,10,14H,3-4,9H2,1-2H3,(H,15,16). The van der Waals surface area contributed by atoms with Crippen molar-refractivity contribution in [3.63, 3.8) is 0 Å². The third-order valence-electron chi connectivity index (χ3n) is 2.39. The molecule has 1 aromatic rings. The Kier molecular flexibility index (Phi) is 4.83. The van der Waals surface area contributed by atoms with Crippen molar-refractivity contribution in [3.8, 4) is 0 Å². The van der Waals surface area contributed by atoms with Gasteiger partial charge >= 0.3 is 5.97 Å². The largest absolute Gasteiger partial charge is 0.481 e. The molecule has 0 saturated carbocycles. The third kappa shape index (κ3) is 4.34. The van der Waals surface area contributed by atoms with Crippen LogP contribution < -0.4 is 5.32 Å². The van der Waals surface area contributed by atoms with Crippen LogP contribution in [0.15, 0.2) is 24.3 Å². The molecule has 2 N–H and O–H groups in total. The number of aliphatic carboxylic acids is 1. The fourth-order valence-corrected chi connectivity index (χ4v) is 1.65. The highest BCUT2D eigenvalue weighted by Gasteiger charge is 2.06. The van der Waals surface area contributed by atoms with Crippen LogP contribution in [-0.4, -0.2) is 17.1 Å². The van der Waals surface area contributed by atoms with Crippen LogP contribution in [0.25, 0.3) is 0 Å². The van der Waals surface area contributed by atoms with E-state index < -0.39 is 5.97 Å². The van der Waals surface area contributed by atoms with Crippen molar-refractivity contribution in [2.75, 3.05) is 5.32 Å². The van der Waals surface area contributed by atoms with Crippen molar-refractivity contribution in [2.24, 2.45) is 0 Å². The van der Waals surface area contributed by atoms with E-state index in [-0.39, 0.29) is 12.5 Å². The molecule has 16 heavy (non-hydrogen) atoms. The topological polar surface area (TPSA) is 49.3 Å². The molecule has 1 rings (SSSR count). The Hall–Kier alpha value is -1.51. The van der Waals surface area contributed by atoms with Gasteiger partial charge in [-0.2, -0.15) is 0 Å². The van der Waals surface area contributed by atoms with Gasteiger partial charge in [0.05, 0.1) is 6.42 Å². The molecule has 1 unspecified atom stereocenters. The van der Waals surface area contributed by atoms with Gasteiger partial charge in [0, 0.05) is 11.7 Å². The van der Waals surface area contributed by atoms with Crippen molar-refractivity contribution in [1.82, 2.24) is 0 Å². The minimum absolute atomic E-state index is 0.0467. The van der Waals surface area contributed by atoms with Gasteiger partial charge in [0.2, 0.25) is 0 Å². The fourth-order valence-electron chi connectivity index (χ4n) is 1.65. The molecular weight excluding hydrogens is 202 g/mol. The molecule has 3 heteroatoms. The Labute approximate surface area is 96.5 Å². The first-order chi connectivity index (χ1) is 7.61. The minimum atomic E-state index is -0.775. The summed E-state index contributed by atoms with van der Waals surface area (Å²) in [6.45, 7) is 4.02. The normalized spacial score (nSPS) is 12.1. The third-order valence-corrected chi connectivity index (χ3v) is 2.39. The van der Waals surface area contributed by atoms with Gasteiger partial charge in [-0.15, -0.1) is 0 Å². The second kappa shape index (κ2) is 6.16. The number of carboxylic acids is 1. The lowest BCUT2D eigenvalue weighted by Crippen LogP contribution is -2.19. The Morgan fingerprint density at radius 1 is 1.38 bits per heavy atom. The van der Waals surface area contributed by atoms with Crippen LogP contribution in [0.2, 0.25) is 0 Å². The molecule has 1 atom stereocenters. The molecule has 0 heterocycles. The van der Waals surface area contributed by atoms with Crippen LogP contribution in [0, 0.1) is 0 Å². The van der Waals surface area contributed by atoms with Crippen LogP contribution in [0.4, 0.5) is 5.69 Å². The number of hydrogen-bond acceptors (Lipinski definition) is 2. The lowest BCUT2D eigenvalue weighted by Gasteiger charge is -2.13. The van der Waals surface area contributed by atoms with Gasteiger partial charge < -0.3 is 10.4 Å². The Morgan fingerprint density at radius 3 is 2.50 bits per heavy atom. The first-order valence-corrected chi connectivity index (χ1v) is 5.69. The number of carboxylic acid groups (broad SMARTS) is 1. The SMILES string of the molecule is CCCc1ccc(NC(C)CC(=O)O)cc1. The average molecular weight is 221 g/mol. The molecule has 0 aliphatic rings. The molecule has 0 spiro atoms. The highest BCUT2D eigenvalue weighted by atomic mass is 16.4. The molecule has 0 amide bonds. The Morgan fingerprint density at radius 2 is 2.00 bits per heavy atom. The van der Waals surface area contributed by atoms with Gasteiger partial charge in [-0.05, 0) is 31.0 Å². The number of nitrogens with one attached hydrogen (secondary N) is 1. The molecule has 88 valence electrons. The monoisotopic (exact) mass is 221 g/mol. The summed E-state index contributed by atoms with van der Waals surface area (Å²) < 4.78 is 0. The first-order valence-electron chi connectivity index (χ1n) is 5.69. The van der Waals surface area contributed by atoms with Gasteiger partial charge in [-0.3, -0.25) is 4.79 Å². The highest BCUT2D eigenvalue weighted by molar-refractivity contribution is 5.68. The molecular formula is C13H19NO2. The van der Waals surface area contributed by atoms with E-state index in [4.69, 9.17) is 5.11 Å². The van der Waals surface area contributed by atoms with Crippen molar-refractivity contribution in [3.05, 3.63) is 29.8 Å². The molecule has 1 aromatic carbocycles. The maximum atomic E-state index is 10.5. The predicted molar refractivity (Wildman–Crippen MR) is 65.8 cm³/mol. The van der Waals surface area contributed by atoms with Gasteiger partial charge in [0.25, 0.3) is 0 Å². The van der Waals surface area contributed by atoms with Crippen LogP contribution in [-0.2, 0) is 11.2 Å². The van der Waals surface area contributed by atoms with Crippen molar-refractivity contribution in [2.45, 2.75) is 39.2 Å². The zero-order valence-corrected chi connectivity index (χ0v) is 9.86. The molecule has 0 aliphatic heterocycles. The number of anilines is 1. The molecule has 3 nitrogen and oxygen atoms in total. The van der Waals surface area contributed by atoms with Gasteiger partial charge in [0.15, 0.2) is 0 Å². The number of benzene rings is 1. The van der Waals surface area contributed by atoms with E-state index in [0.29, 0.717) is 0 Å². The summed E-state index contributed by atoms with van der Waals surface area (Å²) in [5, 5.41) is 11.8. The average Bonchev–Trinajstić information content (AvgIpc) is 2.20. The zero-order chi connectivity index (χ0) is 12.0.